The Balaban J connectivity index is 0.000000161. The number of aldehydes is 1. The molecule has 0 spiro atoms. The Bertz CT molecular complexity index is 2120. The number of benzene rings is 3. The van der Waals surface area contributed by atoms with Crippen LogP contribution in [0.25, 0.3) is 32.7 Å². The van der Waals surface area contributed by atoms with Gasteiger partial charge in [-0.15, -0.1) is 12.4 Å². The van der Waals surface area contributed by atoms with Crippen molar-refractivity contribution in [1.29, 1.82) is 0 Å². The molecule has 8 rings (SSSR count). The fraction of sp³-hybridized carbons (Fsp3) is 0.243. The number of esters is 1. The Morgan fingerprint density at radius 3 is 1.75 bits per heavy atom. The number of methoxy groups -OCH3 is 1. The van der Waals surface area contributed by atoms with E-state index in [0.717, 1.165) is 59.2 Å². The summed E-state index contributed by atoms with van der Waals surface area (Å²) in [6.07, 6.45) is 4.64. The van der Waals surface area contributed by atoms with Crippen molar-refractivity contribution in [1.82, 2.24) is 25.6 Å². The largest absolute Gasteiger partial charge is 0.480 e. The molecule has 5 heterocycles. The number of ether oxygens (including phenoxy) is 1. The van der Waals surface area contributed by atoms with Crippen molar-refractivity contribution in [3.8, 4) is 0 Å². The molecule has 13 nitrogen and oxygen atoms in total. The highest BCUT2D eigenvalue weighted by Gasteiger charge is 2.30. The average molecular weight is 717 g/mol. The van der Waals surface area contributed by atoms with Crippen molar-refractivity contribution >= 4 is 69.3 Å². The minimum atomic E-state index is -1.43. The number of rotatable bonds is 5. The Morgan fingerprint density at radius 2 is 1.25 bits per heavy atom. The van der Waals surface area contributed by atoms with Crippen molar-refractivity contribution < 1.29 is 34.1 Å². The lowest BCUT2D eigenvalue weighted by Crippen LogP contribution is -2.35. The summed E-state index contributed by atoms with van der Waals surface area (Å²) in [6, 6.07) is 23.4. The molecule has 3 aromatic carbocycles. The van der Waals surface area contributed by atoms with E-state index in [1.807, 2.05) is 54.7 Å². The third-order valence-electron chi connectivity index (χ3n) is 8.59. The summed E-state index contributed by atoms with van der Waals surface area (Å²) in [5, 5.41) is 26.3. The maximum Gasteiger partial charge on any atom is 0.368 e. The number of H-pyrrole nitrogens is 3. The van der Waals surface area contributed by atoms with E-state index in [1.54, 1.807) is 0 Å². The molecule has 2 aliphatic rings. The second-order valence-electron chi connectivity index (χ2n) is 11.6. The van der Waals surface area contributed by atoms with Crippen molar-refractivity contribution in [3.63, 3.8) is 0 Å². The molecule has 51 heavy (non-hydrogen) atoms. The van der Waals surface area contributed by atoms with Gasteiger partial charge in [0.25, 0.3) is 0 Å². The van der Waals surface area contributed by atoms with Crippen LogP contribution in [0.3, 0.4) is 0 Å². The smallest absolute Gasteiger partial charge is 0.368 e. The zero-order chi connectivity index (χ0) is 35.6. The van der Waals surface area contributed by atoms with Gasteiger partial charge in [-0.3, -0.25) is 20.2 Å². The van der Waals surface area contributed by atoms with Gasteiger partial charge in [-0.1, -0.05) is 54.6 Å². The van der Waals surface area contributed by atoms with Gasteiger partial charge in [0, 0.05) is 63.4 Å². The first-order valence-corrected chi connectivity index (χ1v) is 16.2. The lowest BCUT2D eigenvalue weighted by atomic mass is 9.99. The predicted octanol–water partition coefficient (Wildman–Crippen LogP) is 4.33. The van der Waals surface area contributed by atoms with Gasteiger partial charge in [-0.2, -0.15) is 0 Å². The molecule has 0 radical (unpaired) electrons. The molecular formula is C37H41ClN6O7. The molecule has 9 N–H and O–H groups in total. The van der Waals surface area contributed by atoms with Crippen LogP contribution in [0.5, 0.6) is 0 Å². The SMILES string of the molecule is COC(=O)C1NCCc2c1[nH]c1ccccc21.Cl.NCCc1c[nH]c2ccccc12.O=C(O)C1NCCc2c1[nH]c1ccccc21.O=CC(=O)O. The van der Waals surface area contributed by atoms with E-state index in [2.05, 4.69) is 49.9 Å². The summed E-state index contributed by atoms with van der Waals surface area (Å²) in [5.74, 6) is -2.49. The molecule has 0 amide bonds. The van der Waals surface area contributed by atoms with Crippen LogP contribution in [-0.4, -0.2) is 76.1 Å². The van der Waals surface area contributed by atoms with Crippen LogP contribution >= 0.6 is 12.4 Å². The molecule has 268 valence electrons. The van der Waals surface area contributed by atoms with Crippen LogP contribution in [-0.2, 0) is 43.2 Å². The van der Waals surface area contributed by atoms with Crippen LogP contribution in [0.2, 0.25) is 0 Å². The average Bonchev–Trinajstić information content (AvgIpc) is 3.85. The molecule has 0 bridgehead atoms. The fourth-order valence-corrected chi connectivity index (χ4v) is 6.38. The van der Waals surface area contributed by atoms with Gasteiger partial charge in [0.05, 0.1) is 7.11 Å². The third-order valence-corrected chi connectivity index (χ3v) is 8.59. The quantitative estimate of drug-likeness (QED) is 0.0718. The Morgan fingerprint density at radius 1 is 0.784 bits per heavy atom. The number of nitrogens with two attached hydrogens (primary N) is 1. The number of aromatic nitrogens is 3. The lowest BCUT2D eigenvalue weighted by molar-refractivity contribution is -0.144. The van der Waals surface area contributed by atoms with Gasteiger partial charge in [0.15, 0.2) is 0 Å². The minimum Gasteiger partial charge on any atom is -0.480 e. The first-order valence-electron chi connectivity index (χ1n) is 16.2. The fourth-order valence-electron chi connectivity index (χ4n) is 6.38. The number of carbonyl (C=O) groups is 4. The van der Waals surface area contributed by atoms with E-state index in [9.17, 15) is 9.59 Å². The van der Waals surface area contributed by atoms with E-state index in [-0.39, 0.29) is 30.7 Å². The summed E-state index contributed by atoms with van der Waals surface area (Å²) in [5.41, 5.74) is 14.2. The molecule has 0 aliphatic carbocycles. The molecule has 0 saturated carbocycles. The third kappa shape index (κ3) is 8.83. The normalized spacial score (nSPS) is 15.6. The molecule has 2 atom stereocenters. The first kappa shape index (κ1) is 38.3. The number of aromatic amines is 3. The number of aliphatic carboxylic acids is 2. The number of halogens is 1. The molecular weight excluding hydrogens is 676 g/mol. The number of para-hydroxylation sites is 3. The second kappa shape index (κ2) is 18.0. The predicted molar refractivity (Wildman–Crippen MR) is 197 cm³/mol. The highest BCUT2D eigenvalue weighted by Crippen LogP contribution is 2.31. The Labute approximate surface area is 299 Å². The van der Waals surface area contributed by atoms with Crippen molar-refractivity contribution in [3.05, 3.63) is 107 Å². The molecule has 3 aromatic heterocycles. The van der Waals surface area contributed by atoms with E-state index in [4.69, 9.17) is 30.3 Å². The van der Waals surface area contributed by atoms with Gasteiger partial charge in [-0.25, -0.2) is 9.59 Å². The van der Waals surface area contributed by atoms with Gasteiger partial charge in [0.1, 0.15) is 12.1 Å². The monoisotopic (exact) mass is 716 g/mol. The lowest BCUT2D eigenvalue weighted by Gasteiger charge is -2.21. The van der Waals surface area contributed by atoms with Gasteiger partial charge >= 0.3 is 17.9 Å². The van der Waals surface area contributed by atoms with Crippen LogP contribution < -0.4 is 16.4 Å². The van der Waals surface area contributed by atoms with Crippen LogP contribution in [0.1, 0.15) is 40.2 Å². The van der Waals surface area contributed by atoms with E-state index in [1.165, 1.54) is 34.5 Å². The molecule has 2 unspecified atom stereocenters. The number of fused-ring (bicyclic) bond motifs is 7. The maximum absolute atomic E-state index is 11.7. The van der Waals surface area contributed by atoms with Crippen LogP contribution in [0.4, 0.5) is 0 Å². The van der Waals surface area contributed by atoms with Crippen molar-refractivity contribution in [2.45, 2.75) is 31.3 Å². The zero-order valence-electron chi connectivity index (χ0n) is 27.9. The number of carboxylic acids is 2. The highest BCUT2D eigenvalue weighted by molar-refractivity contribution is 6.19. The highest BCUT2D eigenvalue weighted by atomic mass is 35.5. The van der Waals surface area contributed by atoms with Crippen molar-refractivity contribution in [2.75, 3.05) is 26.7 Å². The Hall–Kier alpha value is -5.47. The number of hydrogen-bond acceptors (Lipinski definition) is 8. The molecule has 0 fully saturated rings. The summed E-state index contributed by atoms with van der Waals surface area (Å²) in [6.45, 7) is 2.22. The summed E-state index contributed by atoms with van der Waals surface area (Å²) in [4.78, 5) is 50.5. The number of hydrogen-bond donors (Lipinski definition) is 8. The number of nitrogens with one attached hydrogen (secondary N) is 5. The number of carbonyl (C=O) groups excluding carboxylic acids is 2. The maximum atomic E-state index is 11.7. The molecule has 2 aliphatic heterocycles. The van der Waals surface area contributed by atoms with E-state index in [0.29, 0.717) is 13.1 Å². The van der Waals surface area contributed by atoms with E-state index >= 15 is 0 Å². The summed E-state index contributed by atoms with van der Waals surface area (Å²) >= 11 is 0. The topological polar surface area (TPSA) is 215 Å². The standard InChI is InChI=1S/C13H14N2O2.C12H12N2O2.C10H12N2.C2H2O3.ClH/c1-17-13(16)12-11-9(6-7-14-12)8-4-2-3-5-10(8)15-11;15-12(16)11-10-8(5-6-13-11)7-3-1-2-4-9(7)14-10;11-6-5-8-7-12-10-4-2-1-3-9(8)10;3-1-2(4)5;/h2-5,12,14-15H,6-7H2,1H3;1-4,11,13-14H,5-6H2,(H,15,16);1-4,7,12H,5-6,11H2;1H,(H,4,5);1H. The van der Waals surface area contributed by atoms with E-state index < -0.39 is 18.0 Å². The summed E-state index contributed by atoms with van der Waals surface area (Å²) < 4.78 is 4.82. The first-order chi connectivity index (χ1) is 24.3. The second-order valence-corrected chi connectivity index (χ2v) is 11.6. The molecule has 14 heteroatoms. The van der Waals surface area contributed by atoms with Crippen molar-refractivity contribution in [2.24, 2.45) is 5.73 Å². The van der Waals surface area contributed by atoms with Gasteiger partial charge in [-0.05, 0) is 60.7 Å². The summed E-state index contributed by atoms with van der Waals surface area (Å²) in [7, 11) is 1.42. The Kier molecular flexibility index (Phi) is 13.5. The van der Waals surface area contributed by atoms with Gasteiger partial charge < -0.3 is 35.6 Å². The zero-order valence-corrected chi connectivity index (χ0v) is 28.7. The van der Waals surface area contributed by atoms with Crippen LogP contribution in [0.15, 0.2) is 79.0 Å². The molecule has 0 saturated heterocycles. The number of carboxylic acid groups (broad SMARTS) is 2. The van der Waals surface area contributed by atoms with Crippen LogP contribution in [0, 0.1) is 0 Å². The molecule has 6 aromatic rings. The van der Waals surface area contributed by atoms with Gasteiger partial charge in [0.2, 0.25) is 6.29 Å². The minimum absolute atomic E-state index is 0.